The number of carbonyl (C=O) groups excluding carboxylic acids is 1. The van der Waals surface area contributed by atoms with Gasteiger partial charge in [-0.3, -0.25) is 4.79 Å². The Labute approximate surface area is 412 Å². The van der Waals surface area contributed by atoms with Crippen LogP contribution in [-0.2, 0) is 24.9 Å². The molecule has 7 heteroatoms. The molecule has 0 saturated heterocycles. The largest absolute Gasteiger partial charge is 0.512 e. The molecule has 2 heterocycles. The Morgan fingerprint density at radius 3 is 1.52 bits per heavy atom. The molecule has 349 valence electrons. The molecule has 0 saturated carbocycles. The van der Waals surface area contributed by atoms with Crippen LogP contribution in [0.3, 0.4) is 0 Å². The Balaban J connectivity index is 0.000000223. The molecule has 0 aliphatic rings. The van der Waals surface area contributed by atoms with Crippen molar-refractivity contribution in [1.29, 1.82) is 0 Å². The van der Waals surface area contributed by atoms with E-state index in [9.17, 15) is 9.90 Å². The predicted octanol–water partition coefficient (Wildman–Crippen LogP) is 14.3. The number of nitrogens with zero attached hydrogens (tertiary/aromatic N) is 2. The Morgan fingerprint density at radius 2 is 1.09 bits per heavy atom. The average Bonchev–Trinajstić information content (AvgIpc) is 3.28. The third-order valence-corrected chi connectivity index (χ3v) is 18.8. The molecule has 1 N–H and O–H groups in total. The van der Waals surface area contributed by atoms with Crippen molar-refractivity contribution >= 4 is 59.0 Å². The molecule has 2 aromatic heterocycles. The van der Waals surface area contributed by atoms with Crippen molar-refractivity contribution in [2.75, 3.05) is 0 Å². The summed E-state index contributed by atoms with van der Waals surface area (Å²) in [7, 11) is -3.01. The van der Waals surface area contributed by atoms with Crippen LogP contribution < -0.4 is 15.6 Å². The van der Waals surface area contributed by atoms with Crippen molar-refractivity contribution in [3.8, 4) is 22.5 Å². The molecule has 4 nitrogen and oxygen atoms in total. The first-order chi connectivity index (χ1) is 30.7. The van der Waals surface area contributed by atoms with E-state index in [1.165, 1.54) is 54.3 Å². The van der Waals surface area contributed by atoms with Crippen LogP contribution in [0.5, 0.6) is 0 Å². The van der Waals surface area contributed by atoms with Gasteiger partial charge in [-0.25, -0.2) is 0 Å². The Kier molecular flexibility index (Phi) is 19.0. The number of ketones is 1. The number of hydrogen-bond acceptors (Lipinski definition) is 4. The number of allylic oxidation sites excluding steroid dienone is 2. The first-order valence-corrected chi connectivity index (χ1v) is 30.0. The van der Waals surface area contributed by atoms with Crippen molar-refractivity contribution in [3.63, 3.8) is 0 Å². The van der Waals surface area contributed by atoms with Gasteiger partial charge in [-0.2, -0.15) is 0 Å². The number of aliphatic hydroxyl groups is 1. The van der Waals surface area contributed by atoms with Gasteiger partial charge in [0, 0.05) is 49.9 Å². The maximum atomic E-state index is 12.0. The second kappa shape index (κ2) is 23.3. The van der Waals surface area contributed by atoms with Gasteiger partial charge in [0.25, 0.3) is 0 Å². The summed E-state index contributed by atoms with van der Waals surface area (Å²) in [5.74, 6) is 0.437. The molecule has 7 aromatic rings. The van der Waals surface area contributed by atoms with Crippen LogP contribution in [0.25, 0.3) is 44.1 Å². The molecule has 1 radical (unpaired) electrons. The van der Waals surface area contributed by atoms with Crippen molar-refractivity contribution < 1.29 is 30.0 Å². The zero-order valence-corrected chi connectivity index (χ0v) is 46.4. The summed E-state index contributed by atoms with van der Waals surface area (Å²) >= 11 is 0. The fourth-order valence-electron chi connectivity index (χ4n) is 8.44. The van der Waals surface area contributed by atoms with Gasteiger partial charge in [-0.1, -0.05) is 177 Å². The number of aromatic nitrogens is 2. The molecule has 0 atom stereocenters. The molecule has 0 unspecified atom stereocenters. The van der Waals surface area contributed by atoms with Gasteiger partial charge in [0.2, 0.25) is 0 Å². The summed E-state index contributed by atoms with van der Waals surface area (Å²) in [4.78, 5) is 21.4. The Hall–Kier alpha value is -4.79. The van der Waals surface area contributed by atoms with Crippen LogP contribution in [0.1, 0.15) is 82.6 Å². The minimum Gasteiger partial charge on any atom is -0.512 e. The molecule has 0 bridgehead atoms. The molecule has 0 fully saturated rings. The molecule has 5 aromatic carbocycles. The van der Waals surface area contributed by atoms with Crippen LogP contribution in [-0.4, -0.2) is 37.0 Å². The molecular formula is C59H72IrN2O2Si2-2. The van der Waals surface area contributed by atoms with E-state index in [4.69, 9.17) is 0 Å². The van der Waals surface area contributed by atoms with Gasteiger partial charge in [-0.15, -0.1) is 69.8 Å². The molecular weight excluding hydrogens is 1020 g/mol. The number of pyridine rings is 2. The number of hydrogen-bond donors (Lipinski definition) is 1. The molecule has 66 heavy (non-hydrogen) atoms. The summed E-state index contributed by atoms with van der Waals surface area (Å²) in [5.41, 5.74) is 8.70. The quantitative estimate of drug-likeness (QED) is 0.0573. The monoisotopic (exact) mass is 1090 g/mol. The zero-order chi connectivity index (χ0) is 47.7. The summed E-state index contributed by atoms with van der Waals surface area (Å²) in [6.45, 7) is 30.5. The fourth-order valence-corrected chi connectivity index (χ4v) is 12.0. The van der Waals surface area contributed by atoms with E-state index in [0.717, 1.165) is 59.3 Å². The van der Waals surface area contributed by atoms with Crippen LogP contribution in [0.2, 0.25) is 32.7 Å². The van der Waals surface area contributed by atoms with Crippen molar-refractivity contribution in [2.24, 2.45) is 11.3 Å². The zero-order valence-electron chi connectivity index (χ0n) is 42.0. The molecule has 0 aliphatic heterocycles. The second-order valence-electron chi connectivity index (χ2n) is 19.7. The van der Waals surface area contributed by atoms with E-state index in [-0.39, 0.29) is 43.0 Å². The van der Waals surface area contributed by atoms with Gasteiger partial charge >= 0.3 is 0 Å². The maximum absolute atomic E-state index is 12.0. The molecule has 0 aliphatic carbocycles. The molecule has 0 amide bonds. The standard InChI is InChI=1S/C25H24NSi.C20H22NSi.C14H26O2.Ir/c1-18-14-19(2)16-21(15-18)25-24-11-10-23(17-20(24)12-13-26-25)27(3,4)22-8-6-5-7-9-22;1-14-10-15(2)12-17(11-14)20-19-7-6-18(22(3,4)5)13-16(19)8-9-21-20;1-6-11(7-2)12(15)10-13(16)14(5,8-3)9-4;/h5-15,17H,1-4H3;6-11,13H,1-5H3;10-11,15H,6-9H2,1-5H3;/q2*-1;;/b;;12-10-;. The average molecular weight is 1090 g/mol. The predicted molar refractivity (Wildman–Crippen MR) is 286 cm³/mol. The van der Waals surface area contributed by atoms with E-state index in [2.05, 4.69) is 186 Å². The van der Waals surface area contributed by atoms with E-state index >= 15 is 0 Å². The van der Waals surface area contributed by atoms with E-state index in [1.54, 1.807) is 0 Å². The third-order valence-electron chi connectivity index (χ3n) is 13.3. The number of rotatable bonds is 12. The summed E-state index contributed by atoms with van der Waals surface area (Å²) in [6.07, 6.45) is 8.66. The first kappa shape index (κ1) is 53.8. The number of aliphatic hydroxyl groups excluding tert-OH is 1. The van der Waals surface area contributed by atoms with E-state index in [0.29, 0.717) is 0 Å². The SMILES string of the molecule is CCC(CC)/C(O)=C/C(=O)C(C)(CC)CC.Cc1[c-]c(-c2nccc3cc([Si](C)(C)C)ccc23)cc(C)c1.Cc1[c-]c(-c2nccc3cc([Si](C)(C)c4ccccc4)ccc23)cc(C)c1.[Ir]. The number of benzene rings is 5. The summed E-state index contributed by atoms with van der Waals surface area (Å²) < 4.78 is 0. The minimum atomic E-state index is -1.72. The summed E-state index contributed by atoms with van der Waals surface area (Å²) in [5, 5.41) is 19.2. The van der Waals surface area contributed by atoms with Crippen LogP contribution >= 0.6 is 0 Å². The smallest absolute Gasteiger partial charge is 0.164 e. The van der Waals surface area contributed by atoms with Gasteiger partial charge in [0.15, 0.2) is 5.78 Å². The second-order valence-corrected chi connectivity index (χ2v) is 29.1. The maximum Gasteiger partial charge on any atom is 0.164 e. The van der Waals surface area contributed by atoms with Crippen LogP contribution in [0, 0.1) is 51.2 Å². The van der Waals surface area contributed by atoms with Crippen LogP contribution in [0.4, 0.5) is 0 Å². The van der Waals surface area contributed by atoms with Gasteiger partial charge in [0.1, 0.15) is 8.07 Å². The normalized spacial score (nSPS) is 12.0. The van der Waals surface area contributed by atoms with Gasteiger partial charge in [-0.05, 0) is 70.7 Å². The molecule has 7 rings (SSSR count). The number of carbonyl (C=O) groups is 1. The summed E-state index contributed by atoms with van der Waals surface area (Å²) in [6, 6.07) is 44.5. The number of fused-ring (bicyclic) bond motifs is 2. The van der Waals surface area contributed by atoms with Crippen LogP contribution in [0.15, 0.2) is 127 Å². The first-order valence-electron chi connectivity index (χ1n) is 23.5. The van der Waals surface area contributed by atoms with Gasteiger partial charge < -0.3 is 15.1 Å². The van der Waals surface area contributed by atoms with Gasteiger partial charge in [0.05, 0.1) is 13.8 Å². The van der Waals surface area contributed by atoms with Crippen molar-refractivity contribution in [2.45, 2.75) is 121 Å². The van der Waals surface area contributed by atoms with Crippen molar-refractivity contribution in [3.05, 3.63) is 162 Å². The number of aryl methyl sites for hydroxylation is 4. The Morgan fingerprint density at radius 1 is 0.636 bits per heavy atom. The minimum absolute atomic E-state index is 0. The third kappa shape index (κ3) is 13.2. The van der Waals surface area contributed by atoms with E-state index in [1.807, 2.05) is 47.0 Å². The fraction of sp³-hybridized carbons (Fsp3) is 0.339. The molecule has 0 spiro atoms. The topological polar surface area (TPSA) is 63.1 Å². The Bertz CT molecular complexity index is 2720. The van der Waals surface area contributed by atoms with E-state index < -0.39 is 16.1 Å². The van der Waals surface area contributed by atoms with Crippen molar-refractivity contribution in [1.82, 2.24) is 9.97 Å².